The van der Waals surface area contributed by atoms with Crippen molar-refractivity contribution in [1.82, 2.24) is 10.1 Å². The molecule has 0 aliphatic rings. The summed E-state index contributed by atoms with van der Waals surface area (Å²) in [5.41, 5.74) is 0. The Morgan fingerprint density at radius 2 is 2.00 bits per heavy atom. The number of hydrogen-bond donors (Lipinski definition) is 1. The van der Waals surface area contributed by atoms with Gasteiger partial charge < -0.3 is 14.4 Å². The Balaban J connectivity index is 2.36. The van der Waals surface area contributed by atoms with Gasteiger partial charge >= 0.3 is 6.18 Å². The molecule has 1 unspecified atom stereocenters. The standard InChI is InChI=1S/C9H11F5N2O3/c10-6(11)4-18-2-1-7-15-8(19-16-7)3-5(17)9(12,13)14/h5-6,17H,1-4H2. The van der Waals surface area contributed by atoms with E-state index >= 15 is 0 Å². The van der Waals surface area contributed by atoms with Crippen molar-refractivity contribution in [2.75, 3.05) is 13.2 Å². The summed E-state index contributed by atoms with van der Waals surface area (Å²) in [7, 11) is 0. The van der Waals surface area contributed by atoms with Gasteiger partial charge in [-0.15, -0.1) is 0 Å². The molecule has 0 aromatic carbocycles. The number of halogens is 5. The van der Waals surface area contributed by atoms with E-state index in [2.05, 4.69) is 19.4 Å². The monoisotopic (exact) mass is 290 g/mol. The third-order valence-electron chi connectivity index (χ3n) is 1.97. The van der Waals surface area contributed by atoms with Crippen molar-refractivity contribution in [3.8, 4) is 0 Å². The number of alkyl halides is 5. The second kappa shape index (κ2) is 6.75. The van der Waals surface area contributed by atoms with Gasteiger partial charge in [-0.25, -0.2) is 8.78 Å². The van der Waals surface area contributed by atoms with Crippen molar-refractivity contribution < 1.29 is 36.3 Å². The summed E-state index contributed by atoms with van der Waals surface area (Å²) in [6, 6.07) is 0. The van der Waals surface area contributed by atoms with E-state index < -0.39 is 31.7 Å². The van der Waals surface area contributed by atoms with Crippen LogP contribution in [0.4, 0.5) is 22.0 Å². The fraction of sp³-hybridized carbons (Fsp3) is 0.778. The maximum Gasteiger partial charge on any atom is 0.414 e. The van der Waals surface area contributed by atoms with Crippen LogP contribution in [0.25, 0.3) is 0 Å². The van der Waals surface area contributed by atoms with Crippen LogP contribution in [-0.4, -0.2) is 47.2 Å². The molecule has 0 saturated heterocycles. The minimum Gasteiger partial charge on any atom is -0.383 e. The van der Waals surface area contributed by atoms with Crippen molar-refractivity contribution in [2.24, 2.45) is 0 Å². The van der Waals surface area contributed by atoms with Crippen molar-refractivity contribution in [3.63, 3.8) is 0 Å². The maximum absolute atomic E-state index is 12.0. The van der Waals surface area contributed by atoms with Crippen molar-refractivity contribution in [3.05, 3.63) is 11.7 Å². The van der Waals surface area contributed by atoms with Gasteiger partial charge in [0, 0.05) is 6.42 Å². The van der Waals surface area contributed by atoms with Crippen LogP contribution in [0.15, 0.2) is 4.52 Å². The maximum atomic E-state index is 12.0. The van der Waals surface area contributed by atoms with E-state index in [1.54, 1.807) is 0 Å². The number of aliphatic hydroxyl groups excluding tert-OH is 1. The number of rotatable bonds is 7. The first-order valence-electron chi connectivity index (χ1n) is 5.21. The van der Waals surface area contributed by atoms with Gasteiger partial charge in [0.25, 0.3) is 6.43 Å². The molecule has 0 saturated carbocycles. The molecule has 0 aliphatic heterocycles. The van der Waals surface area contributed by atoms with Crippen LogP contribution in [0.1, 0.15) is 11.7 Å². The molecule has 5 nitrogen and oxygen atoms in total. The molecule has 1 rings (SSSR count). The summed E-state index contributed by atoms with van der Waals surface area (Å²) < 4.78 is 68.6. The number of ether oxygens (including phenoxy) is 1. The van der Waals surface area contributed by atoms with Crippen molar-refractivity contribution in [2.45, 2.75) is 31.5 Å². The zero-order chi connectivity index (χ0) is 14.5. The Morgan fingerprint density at radius 3 is 2.58 bits per heavy atom. The summed E-state index contributed by atoms with van der Waals surface area (Å²) in [6.45, 7) is -0.845. The lowest BCUT2D eigenvalue weighted by Gasteiger charge is -2.11. The third-order valence-corrected chi connectivity index (χ3v) is 1.97. The molecule has 0 amide bonds. The lowest BCUT2D eigenvalue weighted by molar-refractivity contribution is -0.204. The van der Waals surface area contributed by atoms with Gasteiger partial charge in [-0.3, -0.25) is 0 Å². The van der Waals surface area contributed by atoms with Crippen molar-refractivity contribution in [1.29, 1.82) is 0 Å². The highest BCUT2D eigenvalue weighted by molar-refractivity contribution is 4.89. The van der Waals surface area contributed by atoms with Crippen LogP contribution < -0.4 is 0 Å². The summed E-state index contributed by atoms with van der Waals surface area (Å²) in [5.74, 6) is -0.354. The molecular formula is C9H11F5N2O3. The third kappa shape index (κ3) is 5.92. The fourth-order valence-electron chi connectivity index (χ4n) is 1.09. The Bertz CT molecular complexity index is 382. The number of hydrogen-bond acceptors (Lipinski definition) is 5. The predicted molar refractivity (Wildman–Crippen MR) is 50.6 cm³/mol. The second-order valence-electron chi connectivity index (χ2n) is 3.58. The highest BCUT2D eigenvalue weighted by Gasteiger charge is 2.39. The van der Waals surface area contributed by atoms with Crippen molar-refractivity contribution >= 4 is 0 Å². The predicted octanol–water partition coefficient (Wildman–Crippen LogP) is 1.36. The minimum atomic E-state index is -4.77. The molecule has 0 aliphatic carbocycles. The number of aromatic nitrogens is 2. The van der Waals surface area contributed by atoms with Gasteiger partial charge in [-0.2, -0.15) is 18.2 Å². The molecule has 1 heterocycles. The van der Waals surface area contributed by atoms with E-state index in [9.17, 15) is 22.0 Å². The zero-order valence-corrected chi connectivity index (χ0v) is 9.53. The quantitative estimate of drug-likeness (QED) is 0.606. The normalized spacial score (nSPS) is 14.1. The molecular weight excluding hydrogens is 279 g/mol. The Kier molecular flexibility index (Phi) is 5.60. The van der Waals surface area contributed by atoms with E-state index in [0.29, 0.717) is 0 Å². The smallest absolute Gasteiger partial charge is 0.383 e. The van der Waals surface area contributed by atoms with E-state index in [1.165, 1.54) is 0 Å². The van der Waals surface area contributed by atoms with Crippen LogP contribution in [0.5, 0.6) is 0 Å². The number of nitrogens with zero attached hydrogens (tertiary/aromatic N) is 2. The highest BCUT2D eigenvalue weighted by Crippen LogP contribution is 2.22. The fourth-order valence-corrected chi connectivity index (χ4v) is 1.09. The zero-order valence-electron chi connectivity index (χ0n) is 9.53. The Labute approximate surface area is 104 Å². The Hall–Kier alpha value is -1.29. The van der Waals surface area contributed by atoms with Gasteiger partial charge in [-0.1, -0.05) is 5.16 Å². The summed E-state index contributed by atoms with van der Waals surface area (Å²) in [4.78, 5) is 3.58. The molecule has 110 valence electrons. The minimum absolute atomic E-state index is 0.0261. The summed E-state index contributed by atoms with van der Waals surface area (Å²) >= 11 is 0. The molecule has 1 aromatic rings. The van der Waals surface area contributed by atoms with Gasteiger partial charge in [0.1, 0.15) is 6.61 Å². The van der Waals surface area contributed by atoms with Gasteiger partial charge in [-0.05, 0) is 0 Å². The van der Waals surface area contributed by atoms with Crippen LogP contribution in [0, 0.1) is 0 Å². The van der Waals surface area contributed by atoms with Gasteiger partial charge in [0.05, 0.1) is 13.0 Å². The van der Waals surface area contributed by atoms with Crippen LogP contribution in [0.2, 0.25) is 0 Å². The van der Waals surface area contributed by atoms with E-state index in [-0.39, 0.29) is 24.7 Å². The second-order valence-corrected chi connectivity index (χ2v) is 3.58. The summed E-state index contributed by atoms with van der Waals surface area (Å²) in [6.07, 6.45) is -10.8. The largest absolute Gasteiger partial charge is 0.414 e. The first-order chi connectivity index (χ1) is 8.79. The lowest BCUT2D eigenvalue weighted by atomic mass is 10.2. The molecule has 0 bridgehead atoms. The molecule has 10 heteroatoms. The van der Waals surface area contributed by atoms with Gasteiger partial charge in [0.2, 0.25) is 5.89 Å². The lowest BCUT2D eigenvalue weighted by Crippen LogP contribution is -2.30. The molecule has 1 N–H and O–H groups in total. The van der Waals surface area contributed by atoms with Crippen LogP contribution >= 0.6 is 0 Å². The molecule has 1 aromatic heterocycles. The molecule has 0 radical (unpaired) electrons. The molecule has 1 atom stereocenters. The first kappa shape index (κ1) is 15.8. The topological polar surface area (TPSA) is 68.4 Å². The average Bonchev–Trinajstić information content (AvgIpc) is 2.70. The van der Waals surface area contributed by atoms with E-state index in [4.69, 9.17) is 5.11 Å². The van der Waals surface area contributed by atoms with E-state index in [1.807, 2.05) is 0 Å². The molecule has 19 heavy (non-hydrogen) atoms. The first-order valence-corrected chi connectivity index (χ1v) is 5.21. The number of aliphatic hydroxyl groups is 1. The SMILES string of the molecule is OC(Cc1nc(CCOCC(F)F)no1)C(F)(F)F. The molecule has 0 fully saturated rings. The average molecular weight is 290 g/mol. The summed E-state index contributed by atoms with van der Waals surface area (Å²) in [5, 5.41) is 12.1. The molecule has 0 spiro atoms. The van der Waals surface area contributed by atoms with Gasteiger partial charge in [0.15, 0.2) is 11.9 Å². The van der Waals surface area contributed by atoms with E-state index in [0.717, 1.165) is 0 Å². The Morgan fingerprint density at radius 1 is 1.32 bits per heavy atom. The van der Waals surface area contributed by atoms with Crippen LogP contribution in [-0.2, 0) is 17.6 Å². The van der Waals surface area contributed by atoms with Crippen LogP contribution in [0.3, 0.4) is 0 Å². The highest BCUT2D eigenvalue weighted by atomic mass is 19.4.